The molecule has 1 aromatic carbocycles. The summed E-state index contributed by atoms with van der Waals surface area (Å²) in [5.41, 5.74) is -0.506. The Labute approximate surface area is 184 Å². The molecule has 32 heavy (non-hydrogen) atoms. The summed E-state index contributed by atoms with van der Waals surface area (Å²) < 4.78 is 40.6. The molecule has 1 aliphatic carbocycles. The van der Waals surface area contributed by atoms with Crippen LogP contribution in [0.1, 0.15) is 61.9 Å². The van der Waals surface area contributed by atoms with Crippen LogP contribution < -0.4 is 21.2 Å². The smallest absolute Gasteiger partial charge is 0.266 e. The normalized spacial score (nSPS) is 23.1. The first-order valence-electron chi connectivity index (χ1n) is 11.1. The number of hydrogen-bond donors (Lipinski definition) is 2. The number of alkyl halides is 2. The molecule has 2 aliphatic heterocycles. The predicted octanol–water partition coefficient (Wildman–Crippen LogP) is 3.50. The molecule has 1 saturated carbocycles. The predicted molar refractivity (Wildman–Crippen MR) is 117 cm³/mol. The third-order valence-electron chi connectivity index (χ3n) is 6.28. The summed E-state index contributed by atoms with van der Waals surface area (Å²) in [6.45, 7) is 1.69. The SMILES string of the molecule is Cc1nc(NCc2cccc(C(F)F)c2F)c2/c(n1)=C\C(=O)CCC1CCC(CC1)N/C=2. The van der Waals surface area contributed by atoms with Crippen molar-refractivity contribution in [3.63, 3.8) is 0 Å². The second-order valence-electron chi connectivity index (χ2n) is 8.57. The van der Waals surface area contributed by atoms with E-state index in [1.165, 1.54) is 12.1 Å². The van der Waals surface area contributed by atoms with Crippen LogP contribution in [0.2, 0.25) is 0 Å². The van der Waals surface area contributed by atoms with E-state index in [9.17, 15) is 18.0 Å². The molecule has 0 amide bonds. The van der Waals surface area contributed by atoms with E-state index in [1.54, 1.807) is 13.0 Å². The van der Waals surface area contributed by atoms with Crippen molar-refractivity contribution in [2.45, 2.75) is 64.5 Å². The zero-order chi connectivity index (χ0) is 22.7. The third kappa shape index (κ3) is 5.11. The Balaban J connectivity index is 1.71. The lowest BCUT2D eigenvalue weighted by Gasteiger charge is -2.28. The van der Waals surface area contributed by atoms with Crippen molar-refractivity contribution >= 4 is 23.9 Å². The van der Waals surface area contributed by atoms with E-state index in [1.807, 2.05) is 6.20 Å². The summed E-state index contributed by atoms with van der Waals surface area (Å²) >= 11 is 0. The van der Waals surface area contributed by atoms with Gasteiger partial charge >= 0.3 is 0 Å². The van der Waals surface area contributed by atoms with E-state index in [4.69, 9.17) is 0 Å². The van der Waals surface area contributed by atoms with Crippen LogP contribution in [-0.2, 0) is 11.3 Å². The van der Waals surface area contributed by atoms with Crippen molar-refractivity contribution < 1.29 is 18.0 Å². The minimum absolute atomic E-state index is 0.0158. The van der Waals surface area contributed by atoms with Crippen molar-refractivity contribution in [3.05, 3.63) is 51.5 Å². The van der Waals surface area contributed by atoms with Gasteiger partial charge in [0, 0.05) is 36.8 Å². The monoisotopic (exact) mass is 444 g/mol. The van der Waals surface area contributed by atoms with Crippen molar-refractivity contribution in [2.24, 2.45) is 5.92 Å². The summed E-state index contributed by atoms with van der Waals surface area (Å²) in [6, 6.07) is 4.29. The molecule has 1 aromatic heterocycles. The fraction of sp³-hybridized carbons (Fsp3) is 0.458. The van der Waals surface area contributed by atoms with Crippen LogP contribution in [0.25, 0.3) is 12.3 Å². The van der Waals surface area contributed by atoms with Crippen molar-refractivity contribution in [3.8, 4) is 0 Å². The lowest BCUT2D eigenvalue weighted by molar-refractivity contribution is -0.113. The number of benzene rings is 1. The average molecular weight is 445 g/mol. The first-order chi connectivity index (χ1) is 15.4. The summed E-state index contributed by atoms with van der Waals surface area (Å²) in [7, 11) is 0. The maximum absolute atomic E-state index is 14.5. The highest BCUT2D eigenvalue weighted by molar-refractivity contribution is 6.05. The Bertz CT molecular complexity index is 1110. The lowest BCUT2D eigenvalue weighted by Crippen LogP contribution is -2.39. The molecule has 0 spiro atoms. The van der Waals surface area contributed by atoms with Crippen molar-refractivity contribution in [1.29, 1.82) is 0 Å². The number of carbonyl (C=O) groups is 1. The highest BCUT2D eigenvalue weighted by Gasteiger charge is 2.21. The Kier molecular flexibility index (Phi) is 6.77. The van der Waals surface area contributed by atoms with E-state index >= 15 is 0 Å². The number of hydrogen-bond acceptors (Lipinski definition) is 5. The summed E-state index contributed by atoms with van der Waals surface area (Å²) in [5.74, 6) is 0.565. The number of Topliss-reactive ketones (excluding diaryl/α,β-unsaturated/α-hetero) is 1. The quantitative estimate of drug-likeness (QED) is 0.756. The van der Waals surface area contributed by atoms with Crippen LogP contribution in [0.5, 0.6) is 0 Å². The zero-order valence-electron chi connectivity index (χ0n) is 18.0. The summed E-state index contributed by atoms with van der Waals surface area (Å²) in [6.07, 6.45) is 6.12. The first kappa shape index (κ1) is 22.3. The molecular weight excluding hydrogens is 417 g/mol. The van der Waals surface area contributed by atoms with Gasteiger partial charge in [0.25, 0.3) is 6.43 Å². The Morgan fingerprint density at radius 3 is 2.69 bits per heavy atom. The molecule has 0 atom stereocenters. The molecule has 2 aromatic rings. The van der Waals surface area contributed by atoms with Crippen molar-refractivity contribution in [2.75, 3.05) is 5.32 Å². The molecule has 8 heteroatoms. The Hall–Kier alpha value is -2.90. The fourth-order valence-electron chi connectivity index (χ4n) is 4.46. The number of ketones is 1. The lowest BCUT2D eigenvalue weighted by atomic mass is 9.83. The van der Waals surface area contributed by atoms with Gasteiger partial charge in [-0.25, -0.2) is 23.1 Å². The molecule has 3 heterocycles. The molecule has 170 valence electrons. The second kappa shape index (κ2) is 9.71. The second-order valence-corrected chi connectivity index (χ2v) is 8.57. The zero-order valence-corrected chi connectivity index (χ0v) is 18.0. The highest BCUT2D eigenvalue weighted by Crippen LogP contribution is 2.28. The van der Waals surface area contributed by atoms with Gasteiger partial charge in [0.1, 0.15) is 17.5 Å². The van der Waals surface area contributed by atoms with Crippen LogP contribution >= 0.6 is 0 Å². The summed E-state index contributed by atoms with van der Waals surface area (Å²) in [5, 5.41) is 7.61. The van der Waals surface area contributed by atoms with E-state index in [-0.39, 0.29) is 17.9 Å². The molecule has 2 bridgehead atoms. The van der Waals surface area contributed by atoms with Crippen LogP contribution in [0.4, 0.5) is 19.0 Å². The Morgan fingerprint density at radius 2 is 1.94 bits per heavy atom. The molecule has 3 aliphatic rings. The minimum atomic E-state index is -2.88. The number of aromatic nitrogens is 2. The van der Waals surface area contributed by atoms with Crippen LogP contribution in [-0.4, -0.2) is 21.8 Å². The molecule has 5 rings (SSSR count). The van der Waals surface area contributed by atoms with Gasteiger partial charge in [-0.1, -0.05) is 18.2 Å². The average Bonchev–Trinajstić information content (AvgIpc) is 2.76. The first-order valence-corrected chi connectivity index (χ1v) is 11.1. The summed E-state index contributed by atoms with van der Waals surface area (Å²) in [4.78, 5) is 21.5. The molecular formula is C24H27F3N4O. The van der Waals surface area contributed by atoms with Crippen LogP contribution in [0.3, 0.4) is 0 Å². The maximum atomic E-state index is 14.5. The molecule has 1 fully saturated rings. The highest BCUT2D eigenvalue weighted by atomic mass is 19.3. The van der Waals surface area contributed by atoms with Crippen LogP contribution in [0.15, 0.2) is 18.2 Å². The van der Waals surface area contributed by atoms with E-state index in [2.05, 4.69) is 20.6 Å². The largest absolute Gasteiger partial charge is 0.388 e. The number of aryl methyl sites for hydroxylation is 1. The third-order valence-corrected chi connectivity index (χ3v) is 6.28. The van der Waals surface area contributed by atoms with Gasteiger partial charge in [-0.3, -0.25) is 4.79 Å². The number of rotatable bonds is 4. The Morgan fingerprint density at radius 1 is 1.16 bits per heavy atom. The van der Waals surface area contributed by atoms with E-state index < -0.39 is 17.8 Å². The fourth-order valence-corrected chi connectivity index (χ4v) is 4.46. The maximum Gasteiger partial charge on any atom is 0.266 e. The minimum Gasteiger partial charge on any atom is -0.388 e. The number of halogens is 3. The van der Waals surface area contributed by atoms with Gasteiger partial charge in [-0.2, -0.15) is 0 Å². The van der Waals surface area contributed by atoms with Crippen molar-refractivity contribution in [1.82, 2.24) is 15.3 Å². The van der Waals surface area contributed by atoms with E-state index in [0.29, 0.717) is 40.6 Å². The number of nitrogens with zero attached hydrogens (tertiary/aromatic N) is 2. The molecule has 0 saturated heterocycles. The molecule has 0 radical (unpaired) electrons. The topological polar surface area (TPSA) is 66.9 Å². The number of carbonyl (C=O) groups excluding carboxylic acids is 1. The van der Waals surface area contributed by atoms with Gasteiger partial charge < -0.3 is 10.6 Å². The number of anilines is 1. The van der Waals surface area contributed by atoms with Gasteiger partial charge in [0.15, 0.2) is 5.78 Å². The molecule has 2 N–H and O–H groups in total. The van der Waals surface area contributed by atoms with E-state index in [0.717, 1.165) is 38.2 Å². The number of nitrogens with one attached hydrogen (secondary N) is 2. The van der Waals surface area contributed by atoms with Gasteiger partial charge in [0.05, 0.1) is 16.1 Å². The van der Waals surface area contributed by atoms with Crippen LogP contribution in [0, 0.1) is 18.7 Å². The van der Waals surface area contributed by atoms with Gasteiger partial charge in [-0.15, -0.1) is 0 Å². The standard InChI is InChI=1S/C24H27F3N4O/c1-14-30-21-11-18(32)10-7-15-5-8-17(9-6-15)28-13-20(21)24(31-14)29-12-16-3-2-4-19(22(16)25)23(26)27/h2-4,11,13,15,17,23,28H,5-10,12H2,1H3,(H,29,30,31)/b20-13-,21-11+. The molecule has 0 unspecified atom stereocenters. The number of fused-ring (bicyclic) bond motifs is 6. The van der Waals surface area contributed by atoms with Gasteiger partial charge in [0.2, 0.25) is 0 Å². The van der Waals surface area contributed by atoms with Gasteiger partial charge in [-0.05, 0) is 44.9 Å². The molecule has 5 nitrogen and oxygen atoms in total.